The molecule has 0 unspecified atom stereocenters. The zero-order chi connectivity index (χ0) is 13.9. The van der Waals surface area contributed by atoms with Gasteiger partial charge in [-0.1, -0.05) is 0 Å². The van der Waals surface area contributed by atoms with Crippen LogP contribution in [0.4, 0.5) is 11.6 Å². The molecular weight excluding hydrogens is 270 g/mol. The summed E-state index contributed by atoms with van der Waals surface area (Å²) in [4.78, 5) is 3.64. The van der Waals surface area contributed by atoms with Gasteiger partial charge in [0.15, 0.2) is 0 Å². The van der Waals surface area contributed by atoms with E-state index in [0.29, 0.717) is 5.75 Å². The van der Waals surface area contributed by atoms with E-state index in [0.717, 1.165) is 0 Å². The molecule has 0 saturated heterocycles. The quantitative estimate of drug-likeness (QED) is 0.771. The number of hydrogen-bond acceptors (Lipinski definition) is 7. The van der Waals surface area contributed by atoms with Crippen molar-refractivity contribution in [2.75, 3.05) is 17.6 Å². The Bertz CT molecular complexity index is 675. The Kier molecular flexibility index (Phi) is 3.47. The maximum Gasteiger partial charge on any atom is 0.266 e. The van der Waals surface area contributed by atoms with Crippen LogP contribution in [0.2, 0.25) is 0 Å². The van der Waals surface area contributed by atoms with E-state index in [2.05, 4.69) is 19.9 Å². The minimum Gasteiger partial charge on any atom is -0.497 e. The van der Waals surface area contributed by atoms with Crippen molar-refractivity contribution in [3.8, 4) is 5.75 Å². The average molecular weight is 281 g/mol. The number of methoxy groups -OCH3 is 1. The molecule has 0 fully saturated rings. The largest absolute Gasteiger partial charge is 0.497 e. The van der Waals surface area contributed by atoms with Crippen LogP contribution in [-0.4, -0.2) is 30.7 Å². The molecule has 1 heterocycles. The van der Waals surface area contributed by atoms with E-state index in [1.165, 1.54) is 37.7 Å². The summed E-state index contributed by atoms with van der Waals surface area (Å²) in [5.74, 6) is 0.340. The van der Waals surface area contributed by atoms with Crippen molar-refractivity contribution in [1.29, 1.82) is 0 Å². The van der Waals surface area contributed by atoms with Crippen LogP contribution < -0.4 is 15.2 Å². The topological polar surface area (TPSA) is 120 Å². The SMILES string of the molecule is COc1ccc(S(=O)(=O)Nc2nccnn2)c(N)c1. The molecule has 2 aromatic rings. The lowest BCUT2D eigenvalue weighted by Gasteiger charge is -2.09. The van der Waals surface area contributed by atoms with Gasteiger partial charge in [-0.3, -0.25) is 0 Å². The lowest BCUT2D eigenvalue weighted by atomic mass is 10.3. The Balaban J connectivity index is 2.35. The predicted molar refractivity (Wildman–Crippen MR) is 68.0 cm³/mol. The highest BCUT2D eigenvalue weighted by atomic mass is 32.2. The number of nitrogens with one attached hydrogen (secondary N) is 1. The predicted octanol–water partition coefficient (Wildman–Crippen LogP) is 0.263. The number of nitrogens with two attached hydrogens (primary N) is 1. The molecule has 0 spiro atoms. The number of rotatable bonds is 4. The Labute approximate surface area is 109 Å². The van der Waals surface area contributed by atoms with E-state index in [1.807, 2.05) is 0 Å². The van der Waals surface area contributed by atoms with Gasteiger partial charge in [0.2, 0.25) is 0 Å². The minimum absolute atomic E-state index is 0.0655. The molecule has 2 rings (SSSR count). The standard InChI is InChI=1S/C10H11N5O3S/c1-18-7-2-3-9(8(11)6-7)19(16,17)15-10-12-4-5-13-14-10/h2-6H,11H2,1H3,(H,12,14,15). The lowest BCUT2D eigenvalue weighted by Crippen LogP contribution is -2.16. The van der Waals surface area contributed by atoms with Gasteiger partial charge in [0.25, 0.3) is 16.0 Å². The van der Waals surface area contributed by atoms with Gasteiger partial charge in [-0.2, -0.15) is 5.10 Å². The van der Waals surface area contributed by atoms with Crippen molar-refractivity contribution in [2.24, 2.45) is 0 Å². The summed E-state index contributed by atoms with van der Waals surface area (Å²) >= 11 is 0. The van der Waals surface area contributed by atoms with Crippen molar-refractivity contribution >= 4 is 21.7 Å². The van der Waals surface area contributed by atoms with Crippen LogP contribution in [0.15, 0.2) is 35.5 Å². The molecule has 0 aliphatic rings. The molecule has 3 N–H and O–H groups in total. The molecule has 9 heteroatoms. The molecule has 100 valence electrons. The molecule has 0 aliphatic carbocycles. The summed E-state index contributed by atoms with van der Waals surface area (Å²) in [7, 11) is -2.40. The van der Waals surface area contributed by atoms with Gasteiger partial charge in [0, 0.05) is 6.07 Å². The molecule has 1 aromatic carbocycles. The van der Waals surface area contributed by atoms with Gasteiger partial charge in [0.05, 0.1) is 25.2 Å². The van der Waals surface area contributed by atoms with Crippen molar-refractivity contribution in [2.45, 2.75) is 4.90 Å². The maximum atomic E-state index is 12.1. The summed E-state index contributed by atoms with van der Waals surface area (Å²) in [6.07, 6.45) is 2.65. The van der Waals surface area contributed by atoms with Gasteiger partial charge in [0.1, 0.15) is 10.6 Å². The summed E-state index contributed by atoms with van der Waals surface area (Å²) in [6, 6.07) is 4.25. The summed E-state index contributed by atoms with van der Waals surface area (Å²) in [5, 5.41) is 7.06. The molecule has 0 saturated carbocycles. The molecule has 1 aromatic heterocycles. The highest BCUT2D eigenvalue weighted by molar-refractivity contribution is 7.92. The number of hydrogen-bond donors (Lipinski definition) is 2. The Hall–Kier alpha value is -2.42. The van der Waals surface area contributed by atoms with Crippen LogP contribution in [0.25, 0.3) is 0 Å². The third-order valence-electron chi connectivity index (χ3n) is 2.21. The number of aromatic nitrogens is 3. The molecular formula is C10H11N5O3S. The molecule has 0 aliphatic heterocycles. The average Bonchev–Trinajstić information content (AvgIpc) is 2.38. The van der Waals surface area contributed by atoms with Crippen LogP contribution in [-0.2, 0) is 10.0 Å². The number of ether oxygens (including phenoxy) is 1. The molecule has 0 radical (unpaired) electrons. The molecule has 0 atom stereocenters. The second-order valence-corrected chi connectivity index (χ2v) is 5.13. The third kappa shape index (κ3) is 2.88. The third-order valence-corrected chi connectivity index (χ3v) is 3.62. The zero-order valence-electron chi connectivity index (χ0n) is 9.94. The highest BCUT2D eigenvalue weighted by Crippen LogP contribution is 2.24. The number of sulfonamides is 1. The normalized spacial score (nSPS) is 11.0. The zero-order valence-corrected chi connectivity index (χ0v) is 10.8. The monoisotopic (exact) mass is 281 g/mol. The van der Waals surface area contributed by atoms with E-state index in [4.69, 9.17) is 10.5 Å². The van der Waals surface area contributed by atoms with Crippen LogP contribution in [0.5, 0.6) is 5.75 Å². The van der Waals surface area contributed by atoms with Crippen LogP contribution >= 0.6 is 0 Å². The summed E-state index contributed by atoms with van der Waals surface area (Å²) in [5.41, 5.74) is 5.75. The van der Waals surface area contributed by atoms with Crippen LogP contribution in [0.1, 0.15) is 0 Å². The van der Waals surface area contributed by atoms with Gasteiger partial charge >= 0.3 is 0 Å². The van der Waals surface area contributed by atoms with Gasteiger partial charge in [-0.05, 0) is 12.1 Å². The lowest BCUT2D eigenvalue weighted by molar-refractivity contribution is 0.414. The fourth-order valence-corrected chi connectivity index (χ4v) is 2.43. The maximum absolute atomic E-state index is 12.1. The molecule has 19 heavy (non-hydrogen) atoms. The van der Waals surface area contributed by atoms with E-state index in [9.17, 15) is 8.42 Å². The summed E-state index contributed by atoms with van der Waals surface area (Å²) < 4.78 is 31.3. The second kappa shape index (κ2) is 5.06. The Morgan fingerprint density at radius 1 is 1.32 bits per heavy atom. The van der Waals surface area contributed by atoms with Crippen LogP contribution in [0.3, 0.4) is 0 Å². The Morgan fingerprint density at radius 3 is 2.68 bits per heavy atom. The molecule has 8 nitrogen and oxygen atoms in total. The van der Waals surface area contributed by atoms with E-state index >= 15 is 0 Å². The first-order valence-electron chi connectivity index (χ1n) is 5.13. The number of benzene rings is 1. The van der Waals surface area contributed by atoms with E-state index < -0.39 is 10.0 Å². The van der Waals surface area contributed by atoms with Crippen molar-refractivity contribution in [3.63, 3.8) is 0 Å². The fourth-order valence-electron chi connectivity index (χ4n) is 1.37. The smallest absolute Gasteiger partial charge is 0.266 e. The van der Waals surface area contributed by atoms with E-state index in [1.54, 1.807) is 0 Å². The summed E-state index contributed by atoms with van der Waals surface area (Å²) in [6.45, 7) is 0. The van der Waals surface area contributed by atoms with Gasteiger partial charge in [-0.25, -0.2) is 18.1 Å². The highest BCUT2D eigenvalue weighted by Gasteiger charge is 2.19. The number of anilines is 2. The number of nitrogens with zero attached hydrogens (tertiary/aromatic N) is 3. The minimum atomic E-state index is -3.86. The molecule has 0 amide bonds. The van der Waals surface area contributed by atoms with Crippen molar-refractivity contribution in [1.82, 2.24) is 15.2 Å². The van der Waals surface area contributed by atoms with Gasteiger partial charge < -0.3 is 10.5 Å². The number of nitrogen functional groups attached to an aromatic ring is 1. The van der Waals surface area contributed by atoms with Crippen molar-refractivity contribution < 1.29 is 13.2 Å². The van der Waals surface area contributed by atoms with Crippen LogP contribution in [0, 0.1) is 0 Å². The van der Waals surface area contributed by atoms with E-state index in [-0.39, 0.29) is 16.5 Å². The Morgan fingerprint density at radius 2 is 2.11 bits per heavy atom. The first-order valence-corrected chi connectivity index (χ1v) is 6.61. The van der Waals surface area contributed by atoms with Gasteiger partial charge in [-0.15, -0.1) is 5.10 Å². The first-order chi connectivity index (χ1) is 9.03. The first kappa shape index (κ1) is 13.0. The van der Waals surface area contributed by atoms with Crippen molar-refractivity contribution in [3.05, 3.63) is 30.6 Å². The fraction of sp³-hybridized carbons (Fsp3) is 0.100. The molecule has 0 bridgehead atoms. The second-order valence-electron chi connectivity index (χ2n) is 3.48.